The van der Waals surface area contributed by atoms with Crippen molar-refractivity contribution in [3.8, 4) is 0 Å². The fourth-order valence-electron chi connectivity index (χ4n) is 5.87. The Morgan fingerprint density at radius 3 is 2.24 bits per heavy atom. The highest BCUT2D eigenvalue weighted by atomic mass is 19.1. The third kappa shape index (κ3) is 4.99. The van der Waals surface area contributed by atoms with E-state index in [-0.39, 0.29) is 17.6 Å². The fraction of sp³-hybridized carbons (Fsp3) is 0.536. The maximum absolute atomic E-state index is 14.1. The lowest BCUT2D eigenvalue weighted by Gasteiger charge is -2.45. The molecule has 1 atom stereocenters. The molecular formula is C28H38FN2O2+. The molecule has 33 heavy (non-hydrogen) atoms. The molecule has 1 aliphatic heterocycles. The first-order valence-corrected chi connectivity index (χ1v) is 12.5. The second kappa shape index (κ2) is 9.94. The highest BCUT2D eigenvalue weighted by molar-refractivity contribution is 5.87. The van der Waals surface area contributed by atoms with Crippen LogP contribution in [-0.4, -0.2) is 60.2 Å². The summed E-state index contributed by atoms with van der Waals surface area (Å²) in [6.45, 7) is 2.18. The molecule has 1 amide bonds. The number of hydrogen-bond acceptors (Lipinski definition) is 2. The van der Waals surface area contributed by atoms with Crippen molar-refractivity contribution in [3.63, 3.8) is 0 Å². The molecule has 2 aliphatic rings. The number of rotatable bonds is 7. The van der Waals surface area contributed by atoms with Crippen LogP contribution in [0.1, 0.15) is 49.7 Å². The fourth-order valence-corrected chi connectivity index (χ4v) is 5.87. The molecule has 1 N–H and O–H groups in total. The topological polar surface area (TPSA) is 40.5 Å². The predicted molar refractivity (Wildman–Crippen MR) is 129 cm³/mol. The molecular weight excluding hydrogens is 415 g/mol. The van der Waals surface area contributed by atoms with Crippen molar-refractivity contribution in [1.82, 2.24) is 4.90 Å². The summed E-state index contributed by atoms with van der Waals surface area (Å²) in [6, 6.07) is 17.0. The molecule has 1 saturated carbocycles. The number of piperidine rings is 1. The summed E-state index contributed by atoms with van der Waals surface area (Å²) < 4.78 is 14.9. The van der Waals surface area contributed by atoms with E-state index in [1.165, 1.54) is 6.07 Å². The van der Waals surface area contributed by atoms with Gasteiger partial charge in [-0.2, -0.15) is 0 Å². The maximum atomic E-state index is 14.1. The largest absolute Gasteiger partial charge is 0.375 e. The molecule has 2 aromatic rings. The molecule has 0 bridgehead atoms. The van der Waals surface area contributed by atoms with Gasteiger partial charge in [0.05, 0.1) is 26.7 Å². The molecule has 178 valence electrons. The van der Waals surface area contributed by atoms with E-state index in [1.54, 1.807) is 6.07 Å². The minimum Gasteiger partial charge on any atom is -0.375 e. The second-order valence-electron chi connectivity index (χ2n) is 10.5. The summed E-state index contributed by atoms with van der Waals surface area (Å²) in [5.74, 6) is -0.279. The van der Waals surface area contributed by atoms with Crippen LogP contribution >= 0.6 is 0 Å². The van der Waals surface area contributed by atoms with Gasteiger partial charge in [0.1, 0.15) is 5.82 Å². The number of likely N-dealkylation sites (N-methyl/N-ethyl adjacent to an activating group) is 1. The van der Waals surface area contributed by atoms with Gasteiger partial charge in [0.15, 0.2) is 5.60 Å². The number of likely N-dealkylation sites (tertiary alicyclic amines) is 1. The van der Waals surface area contributed by atoms with Crippen LogP contribution < -0.4 is 0 Å². The number of benzene rings is 2. The van der Waals surface area contributed by atoms with Gasteiger partial charge in [0, 0.05) is 38.3 Å². The van der Waals surface area contributed by atoms with E-state index in [9.17, 15) is 14.3 Å². The molecule has 0 radical (unpaired) electrons. The van der Waals surface area contributed by atoms with Crippen LogP contribution in [0.15, 0.2) is 54.6 Å². The molecule has 1 saturated heterocycles. The SMILES string of the molecule is C[N+](C)(CCc1ccccc1F)C1CCN(C(=O)C(O)(c2ccccc2)C2CCCC2)CC1. The highest BCUT2D eigenvalue weighted by Crippen LogP contribution is 2.42. The molecule has 2 aromatic carbocycles. The Morgan fingerprint density at radius 1 is 1.00 bits per heavy atom. The molecule has 4 rings (SSSR count). The number of halogens is 1. The standard InChI is InChI=1S/C28H38FN2O2/c1-31(2,21-18-22-10-6-9-15-26(22)29)25-16-19-30(20-17-25)27(32)28(33,24-13-7-8-14-24)23-11-4-3-5-12-23/h3-6,9-12,15,24-25,33H,7-8,13-14,16-21H2,1-2H3/q+1. The molecule has 5 heteroatoms. The number of hydrogen-bond donors (Lipinski definition) is 1. The van der Waals surface area contributed by atoms with Crippen molar-refractivity contribution in [2.24, 2.45) is 5.92 Å². The zero-order valence-corrected chi connectivity index (χ0v) is 20.0. The molecule has 4 nitrogen and oxygen atoms in total. The predicted octanol–water partition coefficient (Wildman–Crippen LogP) is 4.51. The molecule has 2 fully saturated rings. The van der Waals surface area contributed by atoms with Crippen LogP contribution in [-0.2, 0) is 16.8 Å². The Bertz CT molecular complexity index is 934. The average molecular weight is 454 g/mol. The molecule has 0 aromatic heterocycles. The Balaban J connectivity index is 1.41. The van der Waals surface area contributed by atoms with Gasteiger partial charge in [-0.3, -0.25) is 4.79 Å². The quantitative estimate of drug-likeness (QED) is 0.627. The van der Waals surface area contributed by atoms with Crippen LogP contribution in [0.5, 0.6) is 0 Å². The molecule has 1 heterocycles. The van der Waals surface area contributed by atoms with Crippen LogP contribution in [0.2, 0.25) is 0 Å². The normalized spacial score (nSPS) is 20.1. The summed E-state index contributed by atoms with van der Waals surface area (Å²) in [5, 5.41) is 11.8. The second-order valence-corrected chi connectivity index (χ2v) is 10.5. The van der Waals surface area contributed by atoms with Crippen LogP contribution in [0, 0.1) is 11.7 Å². The van der Waals surface area contributed by atoms with Gasteiger partial charge < -0.3 is 14.5 Å². The van der Waals surface area contributed by atoms with E-state index in [0.29, 0.717) is 25.6 Å². The zero-order valence-electron chi connectivity index (χ0n) is 20.0. The average Bonchev–Trinajstić information content (AvgIpc) is 3.39. The summed E-state index contributed by atoms with van der Waals surface area (Å²) >= 11 is 0. The molecule has 0 spiro atoms. The van der Waals surface area contributed by atoms with Crippen molar-refractivity contribution >= 4 is 5.91 Å². The number of carbonyl (C=O) groups excluding carboxylic acids is 1. The van der Waals surface area contributed by atoms with Gasteiger partial charge in [0.25, 0.3) is 5.91 Å². The van der Waals surface area contributed by atoms with Crippen molar-refractivity contribution in [3.05, 3.63) is 71.5 Å². The Morgan fingerprint density at radius 2 is 1.61 bits per heavy atom. The first kappa shape index (κ1) is 23.9. The zero-order chi connectivity index (χ0) is 23.5. The Hall–Kier alpha value is -2.24. The number of nitrogens with zero attached hydrogens (tertiary/aromatic N) is 2. The maximum Gasteiger partial charge on any atom is 0.259 e. The van der Waals surface area contributed by atoms with E-state index < -0.39 is 5.60 Å². The highest BCUT2D eigenvalue weighted by Gasteiger charge is 2.49. The monoisotopic (exact) mass is 453 g/mol. The van der Waals surface area contributed by atoms with Gasteiger partial charge in [-0.05, 0) is 30.0 Å². The number of aliphatic hydroxyl groups is 1. The van der Waals surface area contributed by atoms with Crippen molar-refractivity contribution in [2.45, 2.75) is 56.6 Å². The van der Waals surface area contributed by atoms with E-state index in [4.69, 9.17) is 0 Å². The third-order valence-electron chi connectivity index (χ3n) is 8.14. The minimum absolute atomic E-state index is 0.0156. The van der Waals surface area contributed by atoms with E-state index in [1.807, 2.05) is 47.4 Å². The van der Waals surface area contributed by atoms with E-state index in [0.717, 1.165) is 60.7 Å². The van der Waals surface area contributed by atoms with Crippen molar-refractivity contribution < 1.29 is 18.8 Å². The first-order valence-electron chi connectivity index (χ1n) is 12.5. The van der Waals surface area contributed by atoms with Gasteiger partial charge in [-0.15, -0.1) is 0 Å². The van der Waals surface area contributed by atoms with Crippen molar-refractivity contribution in [1.29, 1.82) is 0 Å². The van der Waals surface area contributed by atoms with E-state index >= 15 is 0 Å². The van der Waals surface area contributed by atoms with Gasteiger partial charge in [0.2, 0.25) is 0 Å². The van der Waals surface area contributed by atoms with Gasteiger partial charge in [-0.1, -0.05) is 61.4 Å². The van der Waals surface area contributed by atoms with E-state index in [2.05, 4.69) is 14.1 Å². The lowest BCUT2D eigenvalue weighted by molar-refractivity contribution is -0.916. The minimum atomic E-state index is -1.43. The summed E-state index contributed by atoms with van der Waals surface area (Å²) in [5.41, 5.74) is 0.0608. The summed E-state index contributed by atoms with van der Waals surface area (Å²) in [7, 11) is 4.42. The Kier molecular flexibility index (Phi) is 7.20. The van der Waals surface area contributed by atoms with Crippen LogP contribution in [0.25, 0.3) is 0 Å². The number of amides is 1. The lowest BCUT2D eigenvalue weighted by Crippen LogP contribution is -2.58. The molecule has 1 unspecified atom stereocenters. The summed E-state index contributed by atoms with van der Waals surface area (Å²) in [4.78, 5) is 15.6. The number of quaternary nitrogens is 1. The summed E-state index contributed by atoms with van der Waals surface area (Å²) in [6.07, 6.45) is 6.43. The third-order valence-corrected chi connectivity index (χ3v) is 8.14. The molecule has 1 aliphatic carbocycles. The Labute approximate surface area is 197 Å². The number of carbonyl (C=O) groups is 1. The smallest absolute Gasteiger partial charge is 0.259 e. The van der Waals surface area contributed by atoms with Gasteiger partial charge >= 0.3 is 0 Å². The lowest BCUT2D eigenvalue weighted by atomic mass is 9.78. The van der Waals surface area contributed by atoms with Gasteiger partial charge in [-0.25, -0.2) is 4.39 Å². The van der Waals surface area contributed by atoms with Crippen molar-refractivity contribution in [2.75, 3.05) is 33.7 Å². The first-order chi connectivity index (χ1) is 15.8. The van der Waals surface area contributed by atoms with Crippen LogP contribution in [0.4, 0.5) is 4.39 Å². The van der Waals surface area contributed by atoms with Crippen LogP contribution in [0.3, 0.4) is 0 Å².